The highest BCUT2D eigenvalue weighted by Crippen LogP contribution is 2.34. The Morgan fingerprint density at radius 2 is 2.16 bits per heavy atom. The van der Waals surface area contributed by atoms with Gasteiger partial charge in [0.05, 0.1) is 5.92 Å². The Morgan fingerprint density at radius 1 is 1.37 bits per heavy atom. The quantitative estimate of drug-likeness (QED) is 0.915. The van der Waals surface area contributed by atoms with E-state index in [1.54, 1.807) is 6.20 Å². The van der Waals surface area contributed by atoms with Crippen molar-refractivity contribution < 1.29 is 14.6 Å². The van der Waals surface area contributed by atoms with Gasteiger partial charge in [-0.2, -0.15) is 0 Å². The number of rotatable bonds is 3. The second-order valence-electron chi connectivity index (χ2n) is 4.52. The van der Waals surface area contributed by atoms with Crippen LogP contribution in [0.1, 0.15) is 18.3 Å². The average molecular weight is 258 g/mol. The lowest BCUT2D eigenvalue weighted by atomic mass is 10.0. The maximum atomic E-state index is 11.2. The Balaban J connectivity index is 1.99. The summed E-state index contributed by atoms with van der Waals surface area (Å²) in [7, 11) is 0. The largest absolute Gasteiger partial charge is 0.481 e. The summed E-state index contributed by atoms with van der Waals surface area (Å²) < 4.78 is 7.45. The molecule has 0 unspecified atom stereocenters. The monoisotopic (exact) mass is 258 g/mol. The fourth-order valence-corrected chi connectivity index (χ4v) is 2.43. The molecule has 2 aromatic rings. The highest BCUT2D eigenvalue weighted by Gasteiger charge is 2.37. The van der Waals surface area contributed by atoms with E-state index in [1.165, 1.54) is 0 Å². The second-order valence-corrected chi connectivity index (χ2v) is 4.52. The minimum Gasteiger partial charge on any atom is -0.481 e. The van der Waals surface area contributed by atoms with Gasteiger partial charge in [0.15, 0.2) is 0 Å². The Hall–Kier alpha value is -2.14. The number of hydrogen-bond acceptors (Lipinski definition) is 3. The van der Waals surface area contributed by atoms with Gasteiger partial charge < -0.3 is 14.4 Å². The van der Waals surface area contributed by atoms with Gasteiger partial charge >= 0.3 is 5.97 Å². The number of para-hydroxylation sites is 1. The molecule has 98 valence electrons. The molecule has 0 radical (unpaired) electrons. The molecule has 3 rings (SSSR count). The maximum Gasteiger partial charge on any atom is 0.309 e. The first-order chi connectivity index (χ1) is 9.27. The predicted octanol–water partition coefficient (Wildman–Crippen LogP) is 2.03. The van der Waals surface area contributed by atoms with Gasteiger partial charge in [-0.15, -0.1) is 0 Å². The van der Waals surface area contributed by atoms with E-state index < -0.39 is 18.0 Å². The van der Waals surface area contributed by atoms with Crippen molar-refractivity contribution in [1.29, 1.82) is 0 Å². The van der Waals surface area contributed by atoms with Crippen molar-refractivity contribution in [3.05, 3.63) is 48.5 Å². The summed E-state index contributed by atoms with van der Waals surface area (Å²) in [5, 5.41) is 9.23. The molecule has 1 aliphatic heterocycles. The molecule has 1 saturated heterocycles. The smallest absolute Gasteiger partial charge is 0.309 e. The number of imidazole rings is 1. The van der Waals surface area contributed by atoms with E-state index in [1.807, 2.05) is 41.1 Å². The van der Waals surface area contributed by atoms with E-state index in [9.17, 15) is 9.90 Å². The van der Waals surface area contributed by atoms with Crippen LogP contribution in [0.15, 0.2) is 42.7 Å². The van der Waals surface area contributed by atoms with Crippen LogP contribution in [0.2, 0.25) is 0 Å². The molecule has 0 amide bonds. The Morgan fingerprint density at radius 3 is 2.89 bits per heavy atom. The highest BCUT2D eigenvalue weighted by molar-refractivity contribution is 5.71. The first-order valence-electron chi connectivity index (χ1n) is 6.20. The molecule has 0 spiro atoms. The molecule has 5 heteroatoms. The lowest BCUT2D eigenvalue weighted by molar-refractivity contribution is -0.143. The summed E-state index contributed by atoms with van der Waals surface area (Å²) in [4.78, 5) is 15.5. The summed E-state index contributed by atoms with van der Waals surface area (Å²) in [6.45, 7) is 0.462. The van der Waals surface area contributed by atoms with E-state index in [4.69, 9.17) is 4.74 Å². The lowest BCUT2D eigenvalue weighted by Gasteiger charge is -2.16. The van der Waals surface area contributed by atoms with Crippen molar-refractivity contribution in [2.45, 2.75) is 12.5 Å². The number of nitrogens with zero attached hydrogens (tertiary/aromatic N) is 2. The van der Waals surface area contributed by atoms with E-state index >= 15 is 0 Å². The SMILES string of the molecule is O=C(O)[C@H]1CCO[C@@H]1c1nccn1-c1ccccc1. The van der Waals surface area contributed by atoms with Crippen LogP contribution in [0, 0.1) is 5.92 Å². The first-order valence-corrected chi connectivity index (χ1v) is 6.20. The molecule has 2 heterocycles. The third-order valence-corrected chi connectivity index (χ3v) is 3.37. The average Bonchev–Trinajstić information content (AvgIpc) is 3.08. The van der Waals surface area contributed by atoms with E-state index in [0.29, 0.717) is 18.9 Å². The van der Waals surface area contributed by atoms with Crippen molar-refractivity contribution >= 4 is 5.97 Å². The molecule has 1 aliphatic rings. The molecule has 0 saturated carbocycles. The van der Waals surface area contributed by atoms with Gasteiger partial charge in [-0.1, -0.05) is 18.2 Å². The molecule has 1 aromatic carbocycles. The van der Waals surface area contributed by atoms with Crippen molar-refractivity contribution in [1.82, 2.24) is 9.55 Å². The fourth-order valence-electron chi connectivity index (χ4n) is 2.43. The van der Waals surface area contributed by atoms with Crippen LogP contribution < -0.4 is 0 Å². The summed E-state index contributed by atoms with van der Waals surface area (Å²) in [5.41, 5.74) is 0.953. The highest BCUT2D eigenvalue weighted by atomic mass is 16.5. The van der Waals surface area contributed by atoms with Crippen LogP contribution in [-0.4, -0.2) is 27.2 Å². The van der Waals surface area contributed by atoms with Gasteiger partial charge in [-0.3, -0.25) is 4.79 Å². The van der Waals surface area contributed by atoms with E-state index in [2.05, 4.69) is 4.98 Å². The van der Waals surface area contributed by atoms with Crippen LogP contribution in [0.3, 0.4) is 0 Å². The topological polar surface area (TPSA) is 64.3 Å². The number of benzene rings is 1. The van der Waals surface area contributed by atoms with Crippen molar-refractivity contribution in [2.24, 2.45) is 5.92 Å². The number of aliphatic carboxylic acids is 1. The van der Waals surface area contributed by atoms with Crippen LogP contribution >= 0.6 is 0 Å². The lowest BCUT2D eigenvalue weighted by Crippen LogP contribution is -2.20. The Labute approximate surface area is 110 Å². The van der Waals surface area contributed by atoms with Crippen molar-refractivity contribution in [2.75, 3.05) is 6.61 Å². The predicted molar refractivity (Wildman–Crippen MR) is 68.0 cm³/mol. The number of aromatic nitrogens is 2. The van der Waals surface area contributed by atoms with Crippen LogP contribution in [0.4, 0.5) is 0 Å². The molecule has 1 fully saturated rings. The van der Waals surface area contributed by atoms with Gasteiger partial charge in [0, 0.05) is 24.7 Å². The minimum atomic E-state index is -0.829. The zero-order valence-electron chi connectivity index (χ0n) is 10.3. The number of carboxylic acids is 1. The number of hydrogen-bond donors (Lipinski definition) is 1. The molecule has 0 aliphatic carbocycles. The molecule has 5 nitrogen and oxygen atoms in total. The first kappa shape index (κ1) is 11.9. The third-order valence-electron chi connectivity index (χ3n) is 3.37. The van der Waals surface area contributed by atoms with Gasteiger partial charge in [-0.05, 0) is 18.6 Å². The molecule has 1 aromatic heterocycles. The van der Waals surface area contributed by atoms with Gasteiger partial charge in [0.1, 0.15) is 11.9 Å². The van der Waals surface area contributed by atoms with E-state index in [0.717, 1.165) is 5.69 Å². The minimum absolute atomic E-state index is 0.462. The summed E-state index contributed by atoms with van der Waals surface area (Å²) in [5.74, 6) is -0.703. The maximum absolute atomic E-state index is 11.2. The fraction of sp³-hybridized carbons (Fsp3) is 0.286. The van der Waals surface area contributed by atoms with Gasteiger partial charge in [0.25, 0.3) is 0 Å². The van der Waals surface area contributed by atoms with Crippen LogP contribution in [0.5, 0.6) is 0 Å². The summed E-state index contributed by atoms with van der Waals surface area (Å²) in [6, 6.07) is 9.71. The second kappa shape index (κ2) is 4.85. The number of carboxylic acid groups (broad SMARTS) is 1. The third kappa shape index (κ3) is 2.13. The molecular formula is C14H14N2O3. The van der Waals surface area contributed by atoms with Crippen molar-refractivity contribution in [3.63, 3.8) is 0 Å². The Bertz CT molecular complexity index is 579. The van der Waals surface area contributed by atoms with Crippen LogP contribution in [-0.2, 0) is 9.53 Å². The normalized spacial score (nSPS) is 22.5. The van der Waals surface area contributed by atoms with Crippen LogP contribution in [0.25, 0.3) is 5.69 Å². The van der Waals surface area contributed by atoms with Gasteiger partial charge in [-0.25, -0.2) is 4.98 Å². The summed E-state index contributed by atoms with van der Waals surface area (Å²) in [6.07, 6.45) is 3.54. The molecular weight excluding hydrogens is 244 g/mol. The number of ether oxygens (including phenoxy) is 1. The molecule has 19 heavy (non-hydrogen) atoms. The number of carbonyl (C=O) groups is 1. The molecule has 2 atom stereocenters. The van der Waals surface area contributed by atoms with E-state index in [-0.39, 0.29) is 0 Å². The molecule has 0 bridgehead atoms. The molecule has 1 N–H and O–H groups in total. The summed E-state index contributed by atoms with van der Waals surface area (Å²) >= 11 is 0. The standard InChI is InChI=1S/C14H14N2O3/c17-14(18)11-6-9-19-12(11)13-15-7-8-16(13)10-4-2-1-3-5-10/h1-5,7-8,11-12H,6,9H2,(H,17,18)/t11-,12-/m0/s1. The van der Waals surface area contributed by atoms with Gasteiger partial charge in [0.2, 0.25) is 0 Å². The zero-order valence-corrected chi connectivity index (χ0v) is 10.3. The van der Waals surface area contributed by atoms with Crippen molar-refractivity contribution in [3.8, 4) is 5.69 Å². The Kier molecular flexibility index (Phi) is 3.05. The zero-order chi connectivity index (χ0) is 13.2.